The summed E-state index contributed by atoms with van der Waals surface area (Å²) in [5.74, 6) is -2.67. The van der Waals surface area contributed by atoms with Gasteiger partial charge in [0.15, 0.2) is 0 Å². The molecule has 0 fully saturated rings. The van der Waals surface area contributed by atoms with Crippen molar-refractivity contribution in [2.24, 2.45) is 0 Å². The second-order valence-corrected chi connectivity index (χ2v) is 6.39. The number of amides is 3. The van der Waals surface area contributed by atoms with Crippen LogP contribution in [0.25, 0.3) is 0 Å². The summed E-state index contributed by atoms with van der Waals surface area (Å²) >= 11 is 0. The maximum atomic E-state index is 13.8. The van der Waals surface area contributed by atoms with Gasteiger partial charge < -0.3 is 5.32 Å². The van der Waals surface area contributed by atoms with Crippen molar-refractivity contribution < 1.29 is 23.2 Å². The van der Waals surface area contributed by atoms with Crippen molar-refractivity contribution >= 4 is 17.7 Å². The van der Waals surface area contributed by atoms with E-state index in [0.717, 1.165) is 17.0 Å². The number of hydrogen-bond acceptors (Lipinski definition) is 3. The van der Waals surface area contributed by atoms with Crippen molar-refractivity contribution in [3.05, 3.63) is 70.8 Å². The molecule has 0 aromatic heterocycles. The van der Waals surface area contributed by atoms with Crippen molar-refractivity contribution in [1.29, 1.82) is 0 Å². The zero-order chi connectivity index (χ0) is 19.6. The standard InChI is InChI=1S/C20H18F2N2O3/c1-12(15-7-6-14(21)11-17(15)22)23-18(25)8-9-24-19(26)10-13-4-2-3-5-16(13)20(24)27/h2-7,11-12H,8-10H2,1H3,(H,23,25)/t12-/m1/s1. The Bertz CT molecular complexity index is 914. The Morgan fingerprint density at radius 1 is 1.19 bits per heavy atom. The summed E-state index contributed by atoms with van der Waals surface area (Å²) in [7, 11) is 0. The summed E-state index contributed by atoms with van der Waals surface area (Å²) in [4.78, 5) is 37.8. The lowest BCUT2D eigenvalue weighted by molar-refractivity contribution is -0.129. The molecule has 0 unspecified atom stereocenters. The van der Waals surface area contributed by atoms with E-state index in [2.05, 4.69) is 5.32 Å². The summed E-state index contributed by atoms with van der Waals surface area (Å²) in [5.41, 5.74) is 1.29. The third kappa shape index (κ3) is 4.02. The molecule has 1 aliphatic rings. The lowest BCUT2D eigenvalue weighted by atomic mass is 9.98. The highest BCUT2D eigenvalue weighted by atomic mass is 19.1. The van der Waals surface area contributed by atoms with Gasteiger partial charge in [-0.05, 0) is 24.6 Å². The molecule has 7 heteroatoms. The fourth-order valence-corrected chi connectivity index (χ4v) is 3.08. The van der Waals surface area contributed by atoms with Crippen LogP contribution in [-0.2, 0) is 16.0 Å². The first-order valence-electron chi connectivity index (χ1n) is 8.53. The molecule has 0 aliphatic carbocycles. The number of carbonyl (C=O) groups excluding carboxylic acids is 3. The van der Waals surface area contributed by atoms with Gasteiger partial charge >= 0.3 is 0 Å². The quantitative estimate of drug-likeness (QED) is 0.821. The monoisotopic (exact) mass is 372 g/mol. The van der Waals surface area contributed by atoms with Crippen LogP contribution in [0.3, 0.4) is 0 Å². The fourth-order valence-electron chi connectivity index (χ4n) is 3.08. The Morgan fingerprint density at radius 2 is 1.93 bits per heavy atom. The molecule has 0 saturated carbocycles. The van der Waals surface area contributed by atoms with Crippen LogP contribution in [0.2, 0.25) is 0 Å². The zero-order valence-electron chi connectivity index (χ0n) is 14.7. The molecule has 1 atom stereocenters. The maximum Gasteiger partial charge on any atom is 0.260 e. The van der Waals surface area contributed by atoms with Crippen LogP contribution in [-0.4, -0.2) is 29.2 Å². The number of rotatable bonds is 5. The van der Waals surface area contributed by atoms with Gasteiger partial charge in [0, 0.05) is 30.2 Å². The molecular weight excluding hydrogens is 354 g/mol. The number of imide groups is 1. The number of nitrogens with zero attached hydrogens (tertiary/aromatic N) is 1. The number of carbonyl (C=O) groups is 3. The van der Waals surface area contributed by atoms with Gasteiger partial charge in [0.05, 0.1) is 12.5 Å². The SMILES string of the molecule is C[C@@H](NC(=O)CCN1C(=O)Cc2ccccc2C1=O)c1ccc(F)cc1F. The van der Waals surface area contributed by atoms with E-state index in [1.807, 2.05) is 0 Å². The van der Waals surface area contributed by atoms with Gasteiger partial charge in [-0.2, -0.15) is 0 Å². The first kappa shape index (κ1) is 18.7. The van der Waals surface area contributed by atoms with E-state index in [1.165, 1.54) is 6.07 Å². The summed E-state index contributed by atoms with van der Waals surface area (Å²) in [6, 6.07) is 9.32. The van der Waals surface area contributed by atoms with Crippen molar-refractivity contribution in [2.75, 3.05) is 6.54 Å². The maximum absolute atomic E-state index is 13.8. The molecule has 140 valence electrons. The highest BCUT2D eigenvalue weighted by Gasteiger charge is 2.30. The predicted molar refractivity (Wildman–Crippen MR) is 93.7 cm³/mol. The van der Waals surface area contributed by atoms with Crippen LogP contribution in [0.4, 0.5) is 8.78 Å². The Kier molecular flexibility index (Phi) is 5.30. The third-order valence-electron chi connectivity index (χ3n) is 4.50. The summed E-state index contributed by atoms with van der Waals surface area (Å²) in [6.45, 7) is 1.51. The van der Waals surface area contributed by atoms with E-state index < -0.39 is 29.5 Å². The van der Waals surface area contributed by atoms with Gasteiger partial charge in [-0.15, -0.1) is 0 Å². The molecule has 2 aromatic rings. The van der Waals surface area contributed by atoms with E-state index in [1.54, 1.807) is 31.2 Å². The van der Waals surface area contributed by atoms with Gasteiger partial charge in [0.1, 0.15) is 11.6 Å². The molecule has 3 rings (SSSR count). The third-order valence-corrected chi connectivity index (χ3v) is 4.50. The Hall–Kier alpha value is -3.09. The Labute approximate surface area is 155 Å². The average Bonchev–Trinajstić information content (AvgIpc) is 2.61. The van der Waals surface area contributed by atoms with E-state index >= 15 is 0 Å². The van der Waals surface area contributed by atoms with Gasteiger partial charge in [-0.3, -0.25) is 19.3 Å². The topological polar surface area (TPSA) is 66.5 Å². The highest BCUT2D eigenvalue weighted by Crippen LogP contribution is 2.20. The summed E-state index contributed by atoms with van der Waals surface area (Å²) < 4.78 is 26.8. The summed E-state index contributed by atoms with van der Waals surface area (Å²) in [6.07, 6.45) is 0.00747. The number of hydrogen-bond donors (Lipinski definition) is 1. The van der Waals surface area contributed by atoms with E-state index in [4.69, 9.17) is 0 Å². The van der Waals surface area contributed by atoms with E-state index in [0.29, 0.717) is 11.1 Å². The Balaban J connectivity index is 1.60. The number of halogens is 2. The minimum Gasteiger partial charge on any atom is -0.349 e. The average molecular weight is 372 g/mol. The smallest absolute Gasteiger partial charge is 0.260 e. The second-order valence-electron chi connectivity index (χ2n) is 6.39. The molecule has 27 heavy (non-hydrogen) atoms. The van der Waals surface area contributed by atoms with E-state index in [9.17, 15) is 23.2 Å². The minimum absolute atomic E-state index is 0.0591. The molecule has 2 aromatic carbocycles. The minimum atomic E-state index is -0.749. The van der Waals surface area contributed by atoms with Gasteiger partial charge in [0.2, 0.25) is 11.8 Å². The summed E-state index contributed by atoms with van der Waals surface area (Å²) in [5, 5.41) is 2.59. The van der Waals surface area contributed by atoms with Crippen LogP contribution >= 0.6 is 0 Å². The molecule has 1 N–H and O–H groups in total. The highest BCUT2D eigenvalue weighted by molar-refractivity contribution is 6.09. The number of benzene rings is 2. The van der Waals surface area contributed by atoms with Crippen molar-refractivity contribution in [3.8, 4) is 0 Å². The van der Waals surface area contributed by atoms with Crippen molar-refractivity contribution in [1.82, 2.24) is 10.2 Å². The molecule has 0 spiro atoms. The zero-order valence-corrected chi connectivity index (χ0v) is 14.7. The van der Waals surface area contributed by atoms with Crippen LogP contribution in [0.15, 0.2) is 42.5 Å². The van der Waals surface area contributed by atoms with Crippen LogP contribution in [0.5, 0.6) is 0 Å². The Morgan fingerprint density at radius 3 is 2.67 bits per heavy atom. The normalized spacial score (nSPS) is 14.7. The number of nitrogens with one attached hydrogen (secondary N) is 1. The van der Waals surface area contributed by atoms with Gasteiger partial charge in [-0.1, -0.05) is 24.3 Å². The van der Waals surface area contributed by atoms with Crippen LogP contribution < -0.4 is 5.32 Å². The fraction of sp³-hybridized carbons (Fsp3) is 0.250. The van der Waals surface area contributed by atoms with Crippen molar-refractivity contribution in [2.45, 2.75) is 25.8 Å². The molecule has 0 radical (unpaired) electrons. The predicted octanol–water partition coefficient (Wildman–Crippen LogP) is 2.76. The lowest BCUT2D eigenvalue weighted by Crippen LogP contribution is -2.44. The van der Waals surface area contributed by atoms with Gasteiger partial charge in [-0.25, -0.2) is 8.78 Å². The molecular formula is C20H18F2N2O3. The van der Waals surface area contributed by atoms with Crippen molar-refractivity contribution in [3.63, 3.8) is 0 Å². The molecule has 5 nitrogen and oxygen atoms in total. The first-order chi connectivity index (χ1) is 12.9. The number of fused-ring (bicyclic) bond motifs is 1. The molecule has 3 amide bonds. The molecule has 1 heterocycles. The largest absolute Gasteiger partial charge is 0.349 e. The van der Waals surface area contributed by atoms with Crippen LogP contribution in [0.1, 0.15) is 40.9 Å². The molecule has 0 saturated heterocycles. The molecule has 0 bridgehead atoms. The second kappa shape index (κ2) is 7.65. The van der Waals surface area contributed by atoms with Crippen LogP contribution in [0, 0.1) is 11.6 Å². The van der Waals surface area contributed by atoms with Gasteiger partial charge in [0.25, 0.3) is 5.91 Å². The van der Waals surface area contributed by atoms with E-state index in [-0.39, 0.29) is 30.9 Å². The lowest BCUT2D eigenvalue weighted by Gasteiger charge is -2.26. The molecule has 1 aliphatic heterocycles. The first-order valence-corrected chi connectivity index (χ1v) is 8.53.